The number of rotatable bonds is 7. The summed E-state index contributed by atoms with van der Waals surface area (Å²) in [5, 5.41) is 3.02. The van der Waals surface area contributed by atoms with Crippen LogP contribution in [0.25, 0.3) is 0 Å². The Kier molecular flexibility index (Phi) is 7.04. The van der Waals surface area contributed by atoms with Gasteiger partial charge in [-0.2, -0.15) is 0 Å². The molecule has 26 heavy (non-hydrogen) atoms. The van der Waals surface area contributed by atoms with Crippen LogP contribution in [0.15, 0.2) is 42.5 Å². The molecule has 2 aromatic rings. The van der Waals surface area contributed by atoms with E-state index >= 15 is 0 Å². The normalized spacial score (nSPS) is 10.5. The summed E-state index contributed by atoms with van der Waals surface area (Å²) >= 11 is 6.04. The second-order valence-electron chi connectivity index (χ2n) is 6.20. The second kappa shape index (κ2) is 9.25. The Balaban J connectivity index is 1.74. The molecule has 2 aromatic carbocycles. The van der Waals surface area contributed by atoms with E-state index in [9.17, 15) is 9.59 Å². The van der Waals surface area contributed by atoms with E-state index < -0.39 is 18.5 Å². The molecule has 0 aliphatic heterocycles. The Morgan fingerprint density at radius 3 is 2.38 bits per heavy atom. The molecule has 0 atom stereocenters. The van der Waals surface area contributed by atoms with Crippen LogP contribution in [0, 0.1) is 6.92 Å². The van der Waals surface area contributed by atoms with Gasteiger partial charge in [-0.25, -0.2) is 4.79 Å². The van der Waals surface area contributed by atoms with Crippen molar-refractivity contribution in [2.75, 3.05) is 18.5 Å². The summed E-state index contributed by atoms with van der Waals surface area (Å²) in [7, 11) is 0. The van der Waals surface area contributed by atoms with Gasteiger partial charge in [-0.1, -0.05) is 43.6 Å². The zero-order valence-electron chi connectivity index (χ0n) is 15.0. The topological polar surface area (TPSA) is 64.6 Å². The van der Waals surface area contributed by atoms with Gasteiger partial charge < -0.3 is 14.8 Å². The fourth-order valence-corrected chi connectivity index (χ4v) is 2.47. The van der Waals surface area contributed by atoms with Crippen LogP contribution in [0.4, 0.5) is 5.69 Å². The smallest absolute Gasteiger partial charge is 0.344 e. The standard InChI is InChI=1S/C20H22ClNO4/c1-13(2)15-5-7-16(8-6-15)25-12-20(24)26-11-19(23)22-18-9-4-14(3)10-17(18)21/h4-10,13H,11-12H2,1-3H3,(H,22,23). The van der Waals surface area contributed by atoms with Crippen LogP contribution in [-0.4, -0.2) is 25.1 Å². The zero-order chi connectivity index (χ0) is 19.1. The number of hydrogen-bond donors (Lipinski definition) is 1. The summed E-state index contributed by atoms with van der Waals surface area (Å²) in [6, 6.07) is 12.8. The monoisotopic (exact) mass is 375 g/mol. The first-order valence-electron chi connectivity index (χ1n) is 8.29. The molecular weight excluding hydrogens is 354 g/mol. The van der Waals surface area contributed by atoms with Crippen LogP contribution < -0.4 is 10.1 Å². The first-order valence-corrected chi connectivity index (χ1v) is 8.67. The van der Waals surface area contributed by atoms with Crippen molar-refractivity contribution >= 4 is 29.2 Å². The molecule has 5 nitrogen and oxygen atoms in total. The molecule has 0 fully saturated rings. The molecule has 0 aromatic heterocycles. The van der Waals surface area contributed by atoms with Gasteiger partial charge in [-0.15, -0.1) is 0 Å². The number of carbonyl (C=O) groups is 2. The van der Waals surface area contributed by atoms with Gasteiger partial charge in [0.1, 0.15) is 5.75 Å². The van der Waals surface area contributed by atoms with Gasteiger partial charge >= 0.3 is 5.97 Å². The lowest BCUT2D eigenvalue weighted by Gasteiger charge is -2.10. The first kappa shape index (κ1) is 19.8. The Labute approximate surface area is 158 Å². The molecular formula is C20H22ClNO4. The van der Waals surface area contributed by atoms with Crippen molar-refractivity contribution < 1.29 is 19.1 Å². The van der Waals surface area contributed by atoms with Crippen molar-refractivity contribution in [2.45, 2.75) is 26.7 Å². The minimum Gasteiger partial charge on any atom is -0.482 e. The third kappa shape index (κ3) is 6.08. The molecule has 1 N–H and O–H groups in total. The summed E-state index contributed by atoms with van der Waals surface area (Å²) in [6.07, 6.45) is 0. The van der Waals surface area contributed by atoms with E-state index in [0.29, 0.717) is 22.4 Å². The molecule has 2 rings (SSSR count). The highest BCUT2D eigenvalue weighted by molar-refractivity contribution is 6.33. The lowest BCUT2D eigenvalue weighted by atomic mass is 10.0. The summed E-state index contributed by atoms with van der Waals surface area (Å²) in [6.45, 7) is 5.43. The van der Waals surface area contributed by atoms with E-state index in [2.05, 4.69) is 19.2 Å². The van der Waals surface area contributed by atoms with Gasteiger partial charge in [0, 0.05) is 0 Å². The van der Waals surface area contributed by atoms with Crippen molar-refractivity contribution in [1.82, 2.24) is 0 Å². The molecule has 0 heterocycles. The molecule has 0 spiro atoms. The van der Waals surface area contributed by atoms with Crippen LogP contribution in [0.3, 0.4) is 0 Å². The summed E-state index contributed by atoms with van der Waals surface area (Å²) in [5.41, 5.74) is 2.64. The van der Waals surface area contributed by atoms with Crippen molar-refractivity contribution in [3.8, 4) is 5.75 Å². The molecule has 0 unspecified atom stereocenters. The Morgan fingerprint density at radius 1 is 1.08 bits per heavy atom. The van der Waals surface area contributed by atoms with Gasteiger partial charge in [0.25, 0.3) is 5.91 Å². The molecule has 0 radical (unpaired) electrons. The van der Waals surface area contributed by atoms with Crippen molar-refractivity contribution in [1.29, 1.82) is 0 Å². The lowest BCUT2D eigenvalue weighted by Crippen LogP contribution is -2.23. The number of esters is 1. The number of aryl methyl sites for hydroxylation is 1. The number of anilines is 1. The maximum Gasteiger partial charge on any atom is 0.344 e. The van der Waals surface area contributed by atoms with Gasteiger partial charge in [-0.05, 0) is 48.2 Å². The first-order chi connectivity index (χ1) is 12.3. The van der Waals surface area contributed by atoms with Crippen molar-refractivity contribution in [3.05, 3.63) is 58.6 Å². The molecule has 138 valence electrons. The van der Waals surface area contributed by atoms with Gasteiger partial charge in [0.15, 0.2) is 13.2 Å². The number of carbonyl (C=O) groups excluding carboxylic acids is 2. The van der Waals surface area contributed by atoms with E-state index in [1.54, 1.807) is 24.3 Å². The maximum absolute atomic E-state index is 11.8. The highest BCUT2D eigenvalue weighted by atomic mass is 35.5. The molecule has 0 saturated heterocycles. The SMILES string of the molecule is Cc1ccc(NC(=O)COC(=O)COc2ccc(C(C)C)cc2)c(Cl)c1. The van der Waals surface area contributed by atoms with Gasteiger partial charge in [-0.3, -0.25) is 4.79 Å². The summed E-state index contributed by atoms with van der Waals surface area (Å²) in [5.74, 6) is -0.0923. The van der Waals surface area contributed by atoms with E-state index in [4.69, 9.17) is 21.1 Å². The summed E-state index contributed by atoms with van der Waals surface area (Å²) in [4.78, 5) is 23.5. The molecule has 0 aliphatic carbocycles. The van der Waals surface area contributed by atoms with E-state index in [-0.39, 0.29) is 6.61 Å². The molecule has 6 heteroatoms. The fraction of sp³-hybridized carbons (Fsp3) is 0.300. The molecule has 0 bridgehead atoms. The minimum atomic E-state index is -0.622. The number of hydrogen-bond acceptors (Lipinski definition) is 4. The van der Waals surface area contributed by atoms with E-state index in [1.807, 2.05) is 25.1 Å². The second-order valence-corrected chi connectivity index (χ2v) is 6.61. The molecule has 0 aliphatic rings. The average molecular weight is 376 g/mol. The number of benzene rings is 2. The lowest BCUT2D eigenvalue weighted by molar-refractivity contribution is -0.149. The zero-order valence-corrected chi connectivity index (χ0v) is 15.8. The minimum absolute atomic E-state index is 0.264. The largest absolute Gasteiger partial charge is 0.482 e. The van der Waals surface area contributed by atoms with Crippen LogP contribution >= 0.6 is 11.6 Å². The third-order valence-corrected chi connectivity index (χ3v) is 3.98. The maximum atomic E-state index is 11.8. The van der Waals surface area contributed by atoms with Gasteiger partial charge in [0.2, 0.25) is 0 Å². The Morgan fingerprint density at radius 2 is 1.77 bits per heavy atom. The molecule has 0 saturated carbocycles. The average Bonchev–Trinajstić information content (AvgIpc) is 2.61. The van der Waals surface area contributed by atoms with Crippen molar-refractivity contribution in [3.63, 3.8) is 0 Å². The number of ether oxygens (including phenoxy) is 2. The Hall–Kier alpha value is -2.53. The molecule has 1 amide bonds. The predicted molar refractivity (Wildman–Crippen MR) is 102 cm³/mol. The number of amides is 1. The highest BCUT2D eigenvalue weighted by Gasteiger charge is 2.10. The fourth-order valence-electron chi connectivity index (χ4n) is 2.19. The van der Waals surface area contributed by atoms with Crippen LogP contribution in [0.1, 0.15) is 30.9 Å². The summed E-state index contributed by atoms with van der Waals surface area (Å²) < 4.78 is 10.3. The van der Waals surface area contributed by atoms with Crippen LogP contribution in [0.5, 0.6) is 5.75 Å². The number of halogens is 1. The van der Waals surface area contributed by atoms with Crippen molar-refractivity contribution in [2.24, 2.45) is 0 Å². The third-order valence-electron chi connectivity index (χ3n) is 3.67. The van der Waals surface area contributed by atoms with Gasteiger partial charge in [0.05, 0.1) is 10.7 Å². The van der Waals surface area contributed by atoms with E-state index in [0.717, 1.165) is 5.56 Å². The van der Waals surface area contributed by atoms with Crippen LogP contribution in [0.2, 0.25) is 5.02 Å². The predicted octanol–water partition coefficient (Wildman–Crippen LogP) is 4.33. The number of nitrogens with one attached hydrogen (secondary N) is 1. The Bertz CT molecular complexity index is 772. The quantitative estimate of drug-likeness (QED) is 0.731. The highest BCUT2D eigenvalue weighted by Crippen LogP contribution is 2.22. The van der Waals surface area contributed by atoms with E-state index in [1.165, 1.54) is 5.56 Å². The van der Waals surface area contributed by atoms with Crippen LogP contribution in [-0.2, 0) is 14.3 Å².